The third-order valence-electron chi connectivity index (χ3n) is 2.77. The molecule has 0 aliphatic carbocycles. The van der Waals surface area contributed by atoms with Crippen LogP contribution in [-0.4, -0.2) is 23.2 Å². The number of ether oxygens (including phenoxy) is 2. The van der Waals surface area contributed by atoms with E-state index < -0.39 is 5.97 Å². The molecule has 21 heavy (non-hydrogen) atoms. The first-order valence-electron chi connectivity index (χ1n) is 6.17. The Bertz CT molecular complexity index is 673. The lowest BCUT2D eigenvalue weighted by molar-refractivity contribution is 0.0697. The number of benzene rings is 1. The second-order valence-electron chi connectivity index (χ2n) is 4.38. The van der Waals surface area contributed by atoms with Crippen LogP contribution in [0.1, 0.15) is 21.7 Å². The standard InChI is InChI=1S/C15H14ClNO4/c1-9-5-12(20-2)7-11(17-9)8-21-14-4-3-10(15(18)19)6-13(14)16/h3-7H,8H2,1-2H3,(H,18,19). The molecule has 0 spiro atoms. The number of aromatic nitrogens is 1. The lowest BCUT2D eigenvalue weighted by atomic mass is 10.2. The van der Waals surface area contributed by atoms with Crippen LogP contribution in [0.15, 0.2) is 30.3 Å². The SMILES string of the molecule is COc1cc(C)nc(COc2ccc(C(=O)O)cc2Cl)c1. The number of hydrogen-bond acceptors (Lipinski definition) is 4. The highest BCUT2D eigenvalue weighted by molar-refractivity contribution is 6.32. The molecule has 0 atom stereocenters. The number of hydrogen-bond donors (Lipinski definition) is 1. The van der Waals surface area contributed by atoms with Crippen molar-refractivity contribution in [3.8, 4) is 11.5 Å². The Morgan fingerprint density at radius 2 is 2.10 bits per heavy atom. The fraction of sp³-hybridized carbons (Fsp3) is 0.200. The van der Waals surface area contributed by atoms with E-state index in [0.717, 1.165) is 5.69 Å². The monoisotopic (exact) mass is 307 g/mol. The number of carboxylic acids is 1. The van der Waals surface area contributed by atoms with Crippen molar-refractivity contribution in [3.63, 3.8) is 0 Å². The number of methoxy groups -OCH3 is 1. The van der Waals surface area contributed by atoms with Gasteiger partial charge in [0, 0.05) is 17.8 Å². The summed E-state index contributed by atoms with van der Waals surface area (Å²) in [6.45, 7) is 2.07. The highest BCUT2D eigenvalue weighted by Crippen LogP contribution is 2.26. The van der Waals surface area contributed by atoms with Gasteiger partial charge >= 0.3 is 5.97 Å². The number of nitrogens with zero attached hydrogens (tertiary/aromatic N) is 1. The number of aryl methyl sites for hydroxylation is 1. The maximum absolute atomic E-state index is 10.8. The highest BCUT2D eigenvalue weighted by Gasteiger charge is 2.09. The summed E-state index contributed by atoms with van der Waals surface area (Å²) in [7, 11) is 1.58. The lowest BCUT2D eigenvalue weighted by Crippen LogP contribution is -2.02. The van der Waals surface area contributed by atoms with Crippen LogP contribution >= 0.6 is 11.6 Å². The van der Waals surface area contributed by atoms with E-state index in [1.165, 1.54) is 18.2 Å². The smallest absolute Gasteiger partial charge is 0.335 e. The van der Waals surface area contributed by atoms with Crippen LogP contribution in [0, 0.1) is 6.92 Å². The summed E-state index contributed by atoms with van der Waals surface area (Å²) in [5.41, 5.74) is 1.63. The van der Waals surface area contributed by atoms with Gasteiger partial charge in [-0.3, -0.25) is 4.98 Å². The predicted octanol–water partition coefficient (Wildman–Crippen LogP) is 3.33. The molecule has 5 nitrogen and oxygen atoms in total. The van der Waals surface area contributed by atoms with E-state index >= 15 is 0 Å². The van der Waals surface area contributed by atoms with Crippen molar-refractivity contribution < 1.29 is 19.4 Å². The molecule has 2 aromatic rings. The number of pyridine rings is 1. The van der Waals surface area contributed by atoms with E-state index in [2.05, 4.69) is 4.98 Å². The Kier molecular flexibility index (Phi) is 4.65. The first-order chi connectivity index (χ1) is 9.99. The summed E-state index contributed by atoms with van der Waals surface area (Å²) in [5, 5.41) is 9.12. The molecule has 0 aliphatic rings. The number of aromatic carboxylic acids is 1. The Morgan fingerprint density at radius 3 is 2.71 bits per heavy atom. The average molecular weight is 308 g/mol. The van der Waals surface area contributed by atoms with E-state index in [1.807, 2.05) is 13.0 Å². The molecule has 0 aliphatic heterocycles. The van der Waals surface area contributed by atoms with E-state index in [9.17, 15) is 4.79 Å². The summed E-state index contributed by atoms with van der Waals surface area (Å²) in [6.07, 6.45) is 0. The van der Waals surface area contributed by atoms with Gasteiger partial charge in [0.15, 0.2) is 0 Å². The van der Waals surface area contributed by atoms with Crippen LogP contribution < -0.4 is 9.47 Å². The van der Waals surface area contributed by atoms with Crippen LogP contribution in [-0.2, 0) is 6.61 Å². The van der Waals surface area contributed by atoms with Crippen molar-refractivity contribution in [1.82, 2.24) is 4.98 Å². The maximum atomic E-state index is 10.8. The minimum Gasteiger partial charge on any atom is -0.497 e. The summed E-state index contributed by atoms with van der Waals surface area (Å²) in [6, 6.07) is 7.90. The number of halogens is 1. The molecule has 1 N–H and O–H groups in total. The maximum Gasteiger partial charge on any atom is 0.335 e. The number of rotatable bonds is 5. The Labute approximate surface area is 127 Å². The van der Waals surface area contributed by atoms with Crippen molar-refractivity contribution in [1.29, 1.82) is 0 Å². The predicted molar refractivity (Wildman–Crippen MR) is 78.3 cm³/mol. The molecule has 0 radical (unpaired) electrons. The topological polar surface area (TPSA) is 68.7 Å². The molecule has 1 aromatic heterocycles. The zero-order valence-electron chi connectivity index (χ0n) is 11.6. The van der Waals surface area contributed by atoms with Crippen LogP contribution in [0.2, 0.25) is 5.02 Å². The molecule has 0 saturated heterocycles. The zero-order chi connectivity index (χ0) is 15.4. The fourth-order valence-corrected chi connectivity index (χ4v) is 2.03. The van der Waals surface area contributed by atoms with Gasteiger partial charge in [0.2, 0.25) is 0 Å². The quantitative estimate of drug-likeness (QED) is 0.917. The zero-order valence-corrected chi connectivity index (χ0v) is 12.3. The lowest BCUT2D eigenvalue weighted by Gasteiger charge is -2.10. The second kappa shape index (κ2) is 6.45. The largest absolute Gasteiger partial charge is 0.497 e. The van der Waals surface area contributed by atoms with Crippen molar-refractivity contribution in [2.75, 3.05) is 7.11 Å². The van der Waals surface area contributed by atoms with Crippen molar-refractivity contribution in [2.24, 2.45) is 0 Å². The summed E-state index contributed by atoms with van der Waals surface area (Å²) in [5.74, 6) is 0.0749. The Hall–Kier alpha value is -2.27. The summed E-state index contributed by atoms with van der Waals surface area (Å²) < 4.78 is 10.7. The van der Waals surface area contributed by atoms with Crippen LogP contribution in [0.3, 0.4) is 0 Å². The molecule has 1 aromatic carbocycles. The second-order valence-corrected chi connectivity index (χ2v) is 4.79. The van der Waals surface area contributed by atoms with E-state index in [0.29, 0.717) is 17.2 Å². The van der Waals surface area contributed by atoms with Gasteiger partial charge in [0.05, 0.1) is 23.4 Å². The van der Waals surface area contributed by atoms with E-state index in [4.69, 9.17) is 26.2 Å². The van der Waals surface area contributed by atoms with Crippen LogP contribution in [0.4, 0.5) is 0 Å². The van der Waals surface area contributed by atoms with Gasteiger partial charge in [-0.15, -0.1) is 0 Å². The third kappa shape index (κ3) is 3.86. The molecular formula is C15H14ClNO4. The van der Waals surface area contributed by atoms with Gasteiger partial charge in [0.25, 0.3) is 0 Å². The molecule has 110 valence electrons. The van der Waals surface area contributed by atoms with Crippen molar-refractivity contribution in [2.45, 2.75) is 13.5 Å². The minimum atomic E-state index is -1.03. The first kappa shape index (κ1) is 15.1. The van der Waals surface area contributed by atoms with Gasteiger partial charge in [0.1, 0.15) is 18.1 Å². The molecule has 0 unspecified atom stereocenters. The summed E-state index contributed by atoms with van der Waals surface area (Å²) in [4.78, 5) is 15.2. The summed E-state index contributed by atoms with van der Waals surface area (Å²) >= 11 is 6.00. The van der Waals surface area contributed by atoms with Crippen LogP contribution in [0.5, 0.6) is 11.5 Å². The van der Waals surface area contributed by atoms with Gasteiger partial charge in [-0.05, 0) is 25.1 Å². The molecule has 1 heterocycles. The molecule has 0 saturated carbocycles. The third-order valence-corrected chi connectivity index (χ3v) is 3.07. The molecule has 2 rings (SSSR count). The molecule has 0 bridgehead atoms. The average Bonchev–Trinajstić information content (AvgIpc) is 2.45. The number of carboxylic acid groups (broad SMARTS) is 1. The first-order valence-corrected chi connectivity index (χ1v) is 6.54. The van der Waals surface area contributed by atoms with Crippen LogP contribution in [0.25, 0.3) is 0 Å². The van der Waals surface area contributed by atoms with E-state index in [-0.39, 0.29) is 17.2 Å². The van der Waals surface area contributed by atoms with Crippen molar-refractivity contribution >= 4 is 17.6 Å². The minimum absolute atomic E-state index is 0.114. The molecular weight excluding hydrogens is 294 g/mol. The Balaban J connectivity index is 2.13. The van der Waals surface area contributed by atoms with Gasteiger partial charge in [-0.1, -0.05) is 11.6 Å². The van der Waals surface area contributed by atoms with Gasteiger partial charge in [-0.25, -0.2) is 4.79 Å². The van der Waals surface area contributed by atoms with Crippen molar-refractivity contribution in [3.05, 3.63) is 52.3 Å². The normalized spacial score (nSPS) is 10.2. The highest BCUT2D eigenvalue weighted by atomic mass is 35.5. The molecule has 0 fully saturated rings. The number of carbonyl (C=O) groups is 1. The van der Waals surface area contributed by atoms with Gasteiger partial charge in [-0.2, -0.15) is 0 Å². The van der Waals surface area contributed by atoms with Gasteiger partial charge < -0.3 is 14.6 Å². The van der Waals surface area contributed by atoms with E-state index in [1.54, 1.807) is 13.2 Å². The Morgan fingerprint density at radius 1 is 1.33 bits per heavy atom. The fourth-order valence-electron chi connectivity index (χ4n) is 1.80. The molecule has 6 heteroatoms. The molecule has 0 amide bonds.